The molecule has 20 heteroatoms. The van der Waals surface area contributed by atoms with Gasteiger partial charge in [-0.1, -0.05) is 163 Å². The second-order valence-corrected chi connectivity index (χ2v) is 21.0. The van der Waals surface area contributed by atoms with Gasteiger partial charge in [-0.2, -0.15) is 0 Å². The van der Waals surface area contributed by atoms with Gasteiger partial charge in [-0.3, -0.25) is 19.2 Å². The van der Waals surface area contributed by atoms with E-state index in [4.69, 9.17) is 37.9 Å². The molecule has 0 bridgehead atoms. The average Bonchev–Trinajstić information content (AvgIpc) is 3.58. The van der Waals surface area contributed by atoms with Crippen LogP contribution in [0.1, 0.15) is 205 Å². The quantitative estimate of drug-likeness (QED) is 0.0158. The number of hydrogen-bond acceptors (Lipinski definition) is 18. The molecule has 2 amide bonds. The molecule has 0 spiro atoms. The summed E-state index contributed by atoms with van der Waals surface area (Å²) in [7, 11) is 2.37. The van der Waals surface area contributed by atoms with Crippen LogP contribution in [0.25, 0.3) is 0 Å². The number of carbonyl (C=O) groups is 8. The molecule has 0 fully saturated rings. The van der Waals surface area contributed by atoms with Crippen molar-refractivity contribution in [2.45, 2.75) is 243 Å². The average molecular weight is 1200 g/mol. The van der Waals surface area contributed by atoms with E-state index < -0.39 is 91.3 Å². The Labute approximate surface area is 503 Å². The van der Waals surface area contributed by atoms with Crippen LogP contribution in [0.5, 0.6) is 0 Å². The van der Waals surface area contributed by atoms with Crippen LogP contribution < -0.4 is 10.6 Å². The number of nitrogens with one attached hydrogen (secondary N) is 2. The number of alkyl carbamates (subject to hydrolysis) is 2. The molecular formula is C65H98N2O18. The van der Waals surface area contributed by atoms with Gasteiger partial charge >= 0.3 is 48.0 Å². The van der Waals surface area contributed by atoms with Crippen LogP contribution in [0.2, 0.25) is 0 Å². The van der Waals surface area contributed by atoms with Crippen molar-refractivity contribution in [2.24, 2.45) is 0 Å². The van der Waals surface area contributed by atoms with Gasteiger partial charge in [0.15, 0.2) is 0 Å². The standard InChI is InChI=1S/C65H98N2O18/c1-5-7-23-39-56(84-60(72)45-43-52(62(74)78-3)66-64(76)80-47-50-33-25-21-26-34-50)54(68)37-29-17-13-9-11-15-19-31-41-58(70)82-49-83-59(71)42-32-20-16-12-10-14-18-30-38-55(69)57(40-24-8-6-2)85-61(73)46-44-53(63(75)79-4)67-65(77)81-48-51-35-27-22-28-36-51/h17-18,21-22,25-30,33-36,52-57,68-69H,5-16,19-20,23-24,31-32,37-49H2,1-4H3,(H,66,76)(H,67,77)/b29-17-,30-18-. The van der Waals surface area contributed by atoms with Crippen LogP contribution in [0, 0.1) is 0 Å². The lowest BCUT2D eigenvalue weighted by Gasteiger charge is -2.23. The zero-order valence-electron chi connectivity index (χ0n) is 50.9. The number of hydrogen-bond donors (Lipinski definition) is 4. The minimum absolute atomic E-state index is 0.00663. The van der Waals surface area contributed by atoms with Crippen molar-refractivity contribution in [1.82, 2.24) is 10.6 Å². The van der Waals surface area contributed by atoms with Crippen LogP contribution >= 0.6 is 0 Å². The van der Waals surface area contributed by atoms with E-state index in [0.717, 1.165) is 114 Å². The number of rotatable bonds is 48. The molecule has 6 unspecified atom stereocenters. The second-order valence-electron chi connectivity index (χ2n) is 21.0. The molecule has 0 aliphatic heterocycles. The molecule has 0 aromatic heterocycles. The Kier molecular flexibility index (Phi) is 42.3. The summed E-state index contributed by atoms with van der Waals surface area (Å²) in [5.74, 6) is -3.49. The van der Waals surface area contributed by atoms with Gasteiger partial charge in [0.2, 0.25) is 6.79 Å². The predicted molar refractivity (Wildman–Crippen MR) is 319 cm³/mol. The fraction of sp³-hybridized carbons (Fsp3) is 0.631. The maximum Gasteiger partial charge on any atom is 0.408 e. The van der Waals surface area contributed by atoms with Gasteiger partial charge in [0.05, 0.1) is 26.4 Å². The van der Waals surface area contributed by atoms with E-state index in [-0.39, 0.29) is 51.7 Å². The topological polar surface area (TPSA) is 275 Å². The van der Waals surface area contributed by atoms with Crippen molar-refractivity contribution in [3.63, 3.8) is 0 Å². The number of aliphatic hydroxyl groups excluding tert-OH is 2. The van der Waals surface area contributed by atoms with E-state index in [1.54, 1.807) is 24.3 Å². The maximum atomic E-state index is 12.9. The van der Waals surface area contributed by atoms with Crippen LogP contribution in [-0.4, -0.2) is 116 Å². The molecule has 6 atom stereocenters. The predicted octanol–water partition coefficient (Wildman–Crippen LogP) is 11.6. The summed E-state index contributed by atoms with van der Waals surface area (Å²) in [6.07, 6.45) is 19.8. The number of esters is 6. The van der Waals surface area contributed by atoms with Crippen molar-refractivity contribution in [2.75, 3.05) is 21.0 Å². The van der Waals surface area contributed by atoms with Gasteiger partial charge in [0, 0.05) is 25.7 Å². The van der Waals surface area contributed by atoms with Gasteiger partial charge in [0.25, 0.3) is 0 Å². The summed E-state index contributed by atoms with van der Waals surface area (Å²) >= 11 is 0. The fourth-order valence-electron chi connectivity index (χ4n) is 8.87. The first kappa shape index (κ1) is 74.3. The van der Waals surface area contributed by atoms with Crippen LogP contribution in [0.4, 0.5) is 9.59 Å². The summed E-state index contributed by atoms with van der Waals surface area (Å²) in [6, 6.07) is 15.9. The number of unbranched alkanes of at least 4 members (excludes halogenated alkanes) is 14. The Balaban J connectivity index is 1.54. The third kappa shape index (κ3) is 38.0. The Morgan fingerprint density at radius 3 is 1.19 bits per heavy atom. The lowest BCUT2D eigenvalue weighted by molar-refractivity contribution is -0.167. The summed E-state index contributed by atoms with van der Waals surface area (Å²) in [6.45, 7) is 3.72. The highest BCUT2D eigenvalue weighted by Crippen LogP contribution is 2.19. The number of ether oxygens (including phenoxy) is 8. The third-order valence-electron chi connectivity index (χ3n) is 13.9. The Bertz CT molecular complexity index is 2070. The highest BCUT2D eigenvalue weighted by atomic mass is 16.7. The number of methoxy groups -OCH3 is 2. The van der Waals surface area contributed by atoms with Crippen molar-refractivity contribution in [3.05, 3.63) is 96.1 Å². The molecule has 85 heavy (non-hydrogen) atoms. The number of allylic oxidation sites excluding steroid dienone is 2. The first-order chi connectivity index (χ1) is 41.2. The first-order valence-corrected chi connectivity index (χ1v) is 30.7. The molecule has 0 aliphatic carbocycles. The summed E-state index contributed by atoms with van der Waals surface area (Å²) in [5, 5.41) is 26.9. The zero-order chi connectivity index (χ0) is 62.1. The molecule has 476 valence electrons. The second kappa shape index (κ2) is 48.4. The Morgan fingerprint density at radius 1 is 0.435 bits per heavy atom. The molecule has 20 nitrogen and oxygen atoms in total. The van der Waals surface area contributed by atoms with Gasteiger partial charge in [-0.25, -0.2) is 19.2 Å². The summed E-state index contributed by atoms with van der Waals surface area (Å²) in [5.41, 5.74) is 1.54. The van der Waals surface area contributed by atoms with Gasteiger partial charge in [-0.05, 0) is 101 Å². The first-order valence-electron chi connectivity index (χ1n) is 30.7. The molecule has 0 saturated heterocycles. The van der Waals surface area contributed by atoms with Crippen molar-refractivity contribution >= 4 is 48.0 Å². The Morgan fingerprint density at radius 2 is 0.812 bits per heavy atom. The molecule has 2 aromatic rings. The summed E-state index contributed by atoms with van der Waals surface area (Å²) < 4.78 is 41.6. The molecule has 2 rings (SSSR count). The van der Waals surface area contributed by atoms with E-state index in [1.807, 2.05) is 60.7 Å². The lowest BCUT2D eigenvalue weighted by atomic mass is 10.0. The zero-order valence-corrected chi connectivity index (χ0v) is 50.9. The maximum absolute atomic E-state index is 12.9. The van der Waals surface area contributed by atoms with Crippen LogP contribution in [-0.2, 0) is 79.9 Å². The SMILES string of the molecule is CCCCCC(OC(=O)CCC(NC(=O)OCc1ccccc1)C(=O)OC)C(O)C/C=C\CCCCCCCC(=O)OCOC(=O)CCCCCCC/C=C\CC(O)C(CCCCC)OC(=O)CCC(NC(=O)OCc1ccccc1)C(=O)OC. The Hall–Kier alpha value is -6.80. The van der Waals surface area contributed by atoms with Crippen molar-refractivity contribution < 1.29 is 86.5 Å². The molecule has 2 aromatic carbocycles. The van der Waals surface area contributed by atoms with Crippen molar-refractivity contribution in [3.8, 4) is 0 Å². The lowest BCUT2D eigenvalue weighted by Crippen LogP contribution is -2.42. The third-order valence-corrected chi connectivity index (χ3v) is 13.9. The van der Waals surface area contributed by atoms with Crippen LogP contribution in [0.3, 0.4) is 0 Å². The van der Waals surface area contributed by atoms with E-state index in [0.29, 0.717) is 38.5 Å². The molecule has 0 aliphatic rings. The van der Waals surface area contributed by atoms with Gasteiger partial charge in [0.1, 0.15) is 37.5 Å². The minimum Gasteiger partial charge on any atom is -0.467 e. The highest BCUT2D eigenvalue weighted by Gasteiger charge is 2.28. The van der Waals surface area contributed by atoms with E-state index in [9.17, 15) is 48.6 Å². The van der Waals surface area contributed by atoms with E-state index >= 15 is 0 Å². The molecule has 4 N–H and O–H groups in total. The van der Waals surface area contributed by atoms with Crippen molar-refractivity contribution in [1.29, 1.82) is 0 Å². The fourth-order valence-corrected chi connectivity index (χ4v) is 8.87. The normalized spacial score (nSPS) is 13.3. The highest BCUT2D eigenvalue weighted by molar-refractivity contribution is 5.83. The molecule has 0 radical (unpaired) electrons. The number of benzene rings is 2. The summed E-state index contributed by atoms with van der Waals surface area (Å²) in [4.78, 5) is 99.8. The monoisotopic (exact) mass is 1190 g/mol. The smallest absolute Gasteiger partial charge is 0.408 e. The van der Waals surface area contributed by atoms with Crippen LogP contribution in [0.15, 0.2) is 85.0 Å². The van der Waals surface area contributed by atoms with E-state index in [1.165, 1.54) is 14.2 Å². The molecule has 0 heterocycles. The van der Waals surface area contributed by atoms with Gasteiger partial charge < -0.3 is 58.7 Å². The number of carbonyl (C=O) groups excluding carboxylic acids is 8. The molecule has 0 saturated carbocycles. The largest absolute Gasteiger partial charge is 0.467 e. The van der Waals surface area contributed by atoms with E-state index in [2.05, 4.69) is 24.5 Å². The minimum atomic E-state index is -1.13. The van der Waals surface area contributed by atoms with Gasteiger partial charge in [-0.15, -0.1) is 0 Å². The number of amides is 2. The number of aliphatic hydroxyl groups is 2. The molecular weight excluding hydrogens is 1100 g/mol.